The predicted octanol–water partition coefficient (Wildman–Crippen LogP) is 3.08. The fourth-order valence-corrected chi connectivity index (χ4v) is 2.48. The van der Waals surface area contributed by atoms with Gasteiger partial charge in [0.1, 0.15) is 0 Å². The van der Waals surface area contributed by atoms with Gasteiger partial charge >= 0.3 is 0 Å². The molecule has 0 bridgehead atoms. The van der Waals surface area contributed by atoms with Crippen LogP contribution in [0.3, 0.4) is 0 Å². The minimum Gasteiger partial charge on any atom is -0.379 e. The standard InChI is InChI=1S/C16H25NO/c1-4-13(3)14-6-8-15(9-7-14)16(10-17-5-2)11-18-12-16/h6-9,13,17H,4-5,10-12H2,1-3H3. The molecule has 1 saturated heterocycles. The van der Waals surface area contributed by atoms with E-state index in [9.17, 15) is 0 Å². The lowest BCUT2D eigenvalue weighted by Crippen LogP contribution is -2.53. The molecule has 0 spiro atoms. The molecule has 2 rings (SSSR count). The van der Waals surface area contributed by atoms with Gasteiger partial charge in [0, 0.05) is 6.54 Å². The molecule has 0 amide bonds. The number of likely N-dealkylation sites (N-methyl/N-ethyl adjacent to an activating group) is 1. The highest BCUT2D eigenvalue weighted by Crippen LogP contribution is 2.32. The van der Waals surface area contributed by atoms with Gasteiger partial charge in [0.2, 0.25) is 0 Å². The Morgan fingerprint density at radius 3 is 2.33 bits per heavy atom. The van der Waals surface area contributed by atoms with E-state index in [2.05, 4.69) is 50.4 Å². The number of rotatable bonds is 6. The topological polar surface area (TPSA) is 21.3 Å². The number of hydrogen-bond donors (Lipinski definition) is 1. The Balaban J connectivity index is 2.12. The van der Waals surface area contributed by atoms with E-state index >= 15 is 0 Å². The number of hydrogen-bond acceptors (Lipinski definition) is 2. The average molecular weight is 247 g/mol. The van der Waals surface area contributed by atoms with Gasteiger partial charge in [-0.3, -0.25) is 0 Å². The zero-order chi connectivity index (χ0) is 13.0. The summed E-state index contributed by atoms with van der Waals surface area (Å²) in [6.45, 7) is 10.4. The van der Waals surface area contributed by atoms with Crippen LogP contribution in [0.15, 0.2) is 24.3 Å². The van der Waals surface area contributed by atoms with Crippen molar-refractivity contribution in [3.63, 3.8) is 0 Å². The molecule has 0 aliphatic carbocycles. The highest BCUT2D eigenvalue weighted by Gasteiger charge is 2.39. The van der Waals surface area contributed by atoms with E-state index in [1.54, 1.807) is 0 Å². The maximum atomic E-state index is 5.45. The second kappa shape index (κ2) is 5.85. The molecular formula is C16H25NO. The summed E-state index contributed by atoms with van der Waals surface area (Å²) in [5, 5.41) is 3.46. The minimum absolute atomic E-state index is 0.212. The van der Waals surface area contributed by atoms with Crippen molar-refractivity contribution in [1.82, 2.24) is 5.32 Å². The molecule has 1 aliphatic heterocycles. The van der Waals surface area contributed by atoms with Crippen LogP contribution in [0.25, 0.3) is 0 Å². The lowest BCUT2D eigenvalue weighted by molar-refractivity contribution is -0.0588. The van der Waals surface area contributed by atoms with Crippen molar-refractivity contribution in [3.05, 3.63) is 35.4 Å². The van der Waals surface area contributed by atoms with Crippen LogP contribution in [-0.2, 0) is 10.2 Å². The molecule has 0 saturated carbocycles. The Kier molecular flexibility index (Phi) is 4.41. The minimum atomic E-state index is 0.212. The fourth-order valence-electron chi connectivity index (χ4n) is 2.48. The summed E-state index contributed by atoms with van der Waals surface area (Å²) in [4.78, 5) is 0. The molecule has 1 aromatic rings. The second-order valence-corrected chi connectivity index (χ2v) is 5.48. The number of ether oxygens (including phenoxy) is 1. The van der Waals surface area contributed by atoms with Gasteiger partial charge in [-0.1, -0.05) is 45.0 Å². The van der Waals surface area contributed by atoms with Crippen molar-refractivity contribution in [2.24, 2.45) is 0 Å². The second-order valence-electron chi connectivity index (χ2n) is 5.48. The van der Waals surface area contributed by atoms with Gasteiger partial charge in [-0.15, -0.1) is 0 Å². The van der Waals surface area contributed by atoms with Crippen molar-refractivity contribution in [2.75, 3.05) is 26.3 Å². The van der Waals surface area contributed by atoms with Crippen molar-refractivity contribution >= 4 is 0 Å². The first kappa shape index (κ1) is 13.6. The lowest BCUT2D eigenvalue weighted by Gasteiger charge is -2.42. The van der Waals surface area contributed by atoms with E-state index in [0.717, 1.165) is 26.3 Å². The molecule has 1 aliphatic rings. The lowest BCUT2D eigenvalue weighted by atomic mass is 9.78. The summed E-state index contributed by atoms with van der Waals surface area (Å²) >= 11 is 0. The summed E-state index contributed by atoms with van der Waals surface area (Å²) < 4.78 is 5.45. The summed E-state index contributed by atoms with van der Waals surface area (Å²) in [6.07, 6.45) is 1.20. The summed E-state index contributed by atoms with van der Waals surface area (Å²) in [6, 6.07) is 9.16. The molecule has 1 heterocycles. The quantitative estimate of drug-likeness (QED) is 0.834. The Morgan fingerprint density at radius 1 is 1.22 bits per heavy atom. The SMILES string of the molecule is CCNCC1(c2ccc(C(C)CC)cc2)COC1. The molecule has 0 radical (unpaired) electrons. The Bertz CT molecular complexity index is 367. The third kappa shape index (κ3) is 2.60. The fraction of sp³-hybridized carbons (Fsp3) is 0.625. The molecule has 100 valence electrons. The Labute approximate surface area is 111 Å². The van der Waals surface area contributed by atoms with E-state index in [0.29, 0.717) is 5.92 Å². The van der Waals surface area contributed by atoms with Crippen LogP contribution in [0.1, 0.15) is 44.2 Å². The van der Waals surface area contributed by atoms with Gasteiger partial charge < -0.3 is 10.1 Å². The molecule has 1 N–H and O–H groups in total. The molecule has 1 fully saturated rings. The molecule has 0 aromatic heterocycles. The molecule has 1 atom stereocenters. The van der Waals surface area contributed by atoms with Crippen LogP contribution in [0, 0.1) is 0 Å². The number of nitrogens with one attached hydrogen (secondary N) is 1. The van der Waals surface area contributed by atoms with Crippen molar-refractivity contribution in [1.29, 1.82) is 0 Å². The van der Waals surface area contributed by atoms with E-state index in [1.165, 1.54) is 17.5 Å². The van der Waals surface area contributed by atoms with Crippen molar-refractivity contribution in [3.8, 4) is 0 Å². The first-order chi connectivity index (χ1) is 8.72. The molecule has 2 heteroatoms. The van der Waals surface area contributed by atoms with E-state index in [-0.39, 0.29) is 5.41 Å². The van der Waals surface area contributed by atoms with Gasteiger partial charge in [-0.25, -0.2) is 0 Å². The predicted molar refractivity (Wildman–Crippen MR) is 76.2 cm³/mol. The van der Waals surface area contributed by atoms with Gasteiger partial charge in [0.15, 0.2) is 0 Å². The first-order valence-electron chi connectivity index (χ1n) is 7.10. The highest BCUT2D eigenvalue weighted by atomic mass is 16.5. The summed E-state index contributed by atoms with van der Waals surface area (Å²) in [7, 11) is 0. The molecular weight excluding hydrogens is 222 g/mol. The van der Waals surface area contributed by atoms with Gasteiger partial charge in [0.25, 0.3) is 0 Å². The van der Waals surface area contributed by atoms with Crippen LogP contribution in [0.2, 0.25) is 0 Å². The van der Waals surface area contributed by atoms with Crippen LogP contribution >= 0.6 is 0 Å². The Hall–Kier alpha value is -0.860. The van der Waals surface area contributed by atoms with Crippen LogP contribution in [0.5, 0.6) is 0 Å². The zero-order valence-corrected chi connectivity index (χ0v) is 11.8. The first-order valence-corrected chi connectivity index (χ1v) is 7.10. The van der Waals surface area contributed by atoms with Gasteiger partial charge in [-0.05, 0) is 30.0 Å². The van der Waals surface area contributed by atoms with Gasteiger partial charge in [0.05, 0.1) is 18.6 Å². The smallest absolute Gasteiger partial charge is 0.0598 e. The monoisotopic (exact) mass is 247 g/mol. The average Bonchev–Trinajstić information content (AvgIpc) is 2.37. The number of benzene rings is 1. The van der Waals surface area contributed by atoms with E-state index in [1.807, 2.05) is 0 Å². The zero-order valence-electron chi connectivity index (χ0n) is 11.8. The largest absolute Gasteiger partial charge is 0.379 e. The Morgan fingerprint density at radius 2 is 1.89 bits per heavy atom. The van der Waals surface area contributed by atoms with E-state index in [4.69, 9.17) is 4.74 Å². The maximum absolute atomic E-state index is 5.45. The van der Waals surface area contributed by atoms with Crippen LogP contribution < -0.4 is 5.32 Å². The summed E-state index contributed by atoms with van der Waals surface area (Å²) in [5.74, 6) is 0.654. The maximum Gasteiger partial charge on any atom is 0.0598 e. The molecule has 18 heavy (non-hydrogen) atoms. The van der Waals surface area contributed by atoms with Crippen LogP contribution in [0.4, 0.5) is 0 Å². The highest BCUT2D eigenvalue weighted by molar-refractivity contribution is 5.33. The van der Waals surface area contributed by atoms with Gasteiger partial charge in [-0.2, -0.15) is 0 Å². The summed E-state index contributed by atoms with van der Waals surface area (Å²) in [5.41, 5.74) is 3.08. The van der Waals surface area contributed by atoms with Crippen molar-refractivity contribution in [2.45, 2.75) is 38.5 Å². The molecule has 1 aromatic carbocycles. The third-order valence-electron chi connectivity index (χ3n) is 4.17. The van der Waals surface area contributed by atoms with E-state index < -0.39 is 0 Å². The molecule has 1 unspecified atom stereocenters. The third-order valence-corrected chi connectivity index (χ3v) is 4.17. The molecule has 2 nitrogen and oxygen atoms in total. The van der Waals surface area contributed by atoms with Crippen LogP contribution in [-0.4, -0.2) is 26.3 Å². The normalized spacial score (nSPS) is 19.3. The van der Waals surface area contributed by atoms with Crippen molar-refractivity contribution < 1.29 is 4.74 Å².